The average molecular weight is 315 g/mol. The molecule has 0 spiro atoms. The molecule has 1 N–H and O–H groups in total. The van der Waals surface area contributed by atoms with E-state index in [-0.39, 0.29) is 5.91 Å². The lowest BCUT2D eigenvalue weighted by molar-refractivity contribution is 0.0909. The maximum absolute atomic E-state index is 12.5. The maximum Gasteiger partial charge on any atom is 0.251 e. The molecule has 3 heterocycles. The minimum Gasteiger partial charge on any atom is -0.348 e. The van der Waals surface area contributed by atoms with Crippen molar-refractivity contribution in [1.29, 1.82) is 0 Å². The summed E-state index contributed by atoms with van der Waals surface area (Å²) in [6, 6.07) is 6.17. The Kier molecular flexibility index (Phi) is 3.62. The molecule has 1 amide bonds. The molecule has 2 aromatic rings. The number of nitrogens with zero attached hydrogens (tertiary/aromatic N) is 2. The van der Waals surface area contributed by atoms with Crippen LogP contribution in [-0.2, 0) is 6.42 Å². The van der Waals surface area contributed by atoms with Gasteiger partial charge in [-0.15, -0.1) is 11.3 Å². The van der Waals surface area contributed by atoms with Gasteiger partial charge in [-0.05, 0) is 49.9 Å². The van der Waals surface area contributed by atoms with Gasteiger partial charge in [0.15, 0.2) is 0 Å². The smallest absolute Gasteiger partial charge is 0.251 e. The summed E-state index contributed by atoms with van der Waals surface area (Å²) < 4.78 is 1.16. The molecule has 0 radical (unpaired) electrons. The number of hydrogen-bond donors (Lipinski definition) is 1. The highest BCUT2D eigenvalue weighted by Gasteiger charge is 2.32. The number of benzene rings is 1. The lowest BCUT2D eigenvalue weighted by Gasteiger charge is -2.30. The van der Waals surface area contributed by atoms with Gasteiger partial charge in [0.05, 0.1) is 15.2 Å². The lowest BCUT2D eigenvalue weighted by atomic mass is 9.96. The van der Waals surface area contributed by atoms with Crippen LogP contribution in [0.3, 0.4) is 0 Å². The molecule has 3 unspecified atom stereocenters. The molecule has 2 aliphatic rings. The average Bonchev–Trinajstić information content (AvgIpc) is 3.09. The Morgan fingerprint density at radius 1 is 1.45 bits per heavy atom. The second-order valence-corrected chi connectivity index (χ2v) is 7.58. The zero-order valence-electron chi connectivity index (χ0n) is 12.8. The van der Waals surface area contributed by atoms with E-state index in [1.165, 1.54) is 19.5 Å². The quantitative estimate of drug-likeness (QED) is 0.947. The van der Waals surface area contributed by atoms with E-state index in [2.05, 4.69) is 22.1 Å². The number of aromatic nitrogens is 1. The Morgan fingerprint density at radius 2 is 2.36 bits per heavy atom. The van der Waals surface area contributed by atoms with Crippen LogP contribution in [0.15, 0.2) is 18.2 Å². The van der Waals surface area contributed by atoms with Crippen molar-refractivity contribution in [2.45, 2.75) is 32.2 Å². The first kappa shape index (κ1) is 14.2. The summed E-state index contributed by atoms with van der Waals surface area (Å²) in [6.45, 7) is 5.53. The fourth-order valence-corrected chi connectivity index (χ4v) is 4.59. The summed E-state index contributed by atoms with van der Waals surface area (Å²) in [6.07, 6.45) is 3.36. The van der Waals surface area contributed by atoms with Crippen LogP contribution in [0.1, 0.15) is 35.1 Å². The summed E-state index contributed by atoms with van der Waals surface area (Å²) in [5.74, 6) is 0.813. The minimum absolute atomic E-state index is 0.0421. The highest BCUT2D eigenvalue weighted by atomic mass is 32.1. The Balaban J connectivity index is 1.50. The van der Waals surface area contributed by atoms with E-state index in [0.29, 0.717) is 6.04 Å². The van der Waals surface area contributed by atoms with Gasteiger partial charge in [0.25, 0.3) is 5.91 Å². The molecule has 0 saturated carbocycles. The molecule has 0 aliphatic carbocycles. The molecule has 2 fully saturated rings. The van der Waals surface area contributed by atoms with Crippen molar-refractivity contribution in [3.63, 3.8) is 0 Å². The molecule has 1 aromatic heterocycles. The Morgan fingerprint density at radius 3 is 3.18 bits per heavy atom. The molecule has 5 heteroatoms. The van der Waals surface area contributed by atoms with Gasteiger partial charge in [-0.2, -0.15) is 0 Å². The number of rotatable bonds is 3. The van der Waals surface area contributed by atoms with Crippen molar-refractivity contribution >= 4 is 27.5 Å². The van der Waals surface area contributed by atoms with Gasteiger partial charge in [0, 0.05) is 24.7 Å². The summed E-state index contributed by atoms with van der Waals surface area (Å²) in [5, 5.41) is 4.35. The van der Waals surface area contributed by atoms with Crippen LogP contribution in [0.4, 0.5) is 0 Å². The van der Waals surface area contributed by atoms with Crippen molar-refractivity contribution in [1.82, 2.24) is 15.2 Å². The van der Waals surface area contributed by atoms with Crippen LogP contribution in [0.5, 0.6) is 0 Å². The van der Waals surface area contributed by atoms with Crippen LogP contribution >= 0.6 is 11.3 Å². The first-order valence-corrected chi connectivity index (χ1v) is 8.95. The standard InChI is InChI=1S/C17H21N3OS/c1-2-16-19-14-8-12(3-4-15(14)22-16)17(21)18-13-7-11-5-6-20(9-11)10-13/h3-4,8,11,13H,2,5-7,9-10H2,1H3,(H,18,21). The van der Waals surface area contributed by atoms with Crippen LogP contribution in [0.25, 0.3) is 10.2 Å². The molecule has 116 valence electrons. The molecule has 4 nitrogen and oxygen atoms in total. The second kappa shape index (κ2) is 5.63. The molecule has 4 rings (SSSR count). The molecule has 22 heavy (non-hydrogen) atoms. The number of carbonyl (C=O) groups excluding carboxylic acids is 1. The van der Waals surface area contributed by atoms with Crippen molar-refractivity contribution in [3.05, 3.63) is 28.8 Å². The summed E-state index contributed by atoms with van der Waals surface area (Å²) in [7, 11) is 0. The molecule has 1 aromatic carbocycles. The van der Waals surface area contributed by atoms with Crippen LogP contribution in [-0.4, -0.2) is 41.5 Å². The Hall–Kier alpha value is -1.46. The lowest BCUT2D eigenvalue weighted by Crippen LogP contribution is -2.47. The minimum atomic E-state index is 0.0421. The van der Waals surface area contributed by atoms with E-state index in [9.17, 15) is 4.79 Å². The number of thiazole rings is 1. The fraction of sp³-hybridized carbons (Fsp3) is 0.529. The van der Waals surface area contributed by atoms with Crippen molar-refractivity contribution in [3.8, 4) is 0 Å². The van der Waals surface area contributed by atoms with Crippen LogP contribution < -0.4 is 5.32 Å². The third kappa shape index (κ3) is 2.63. The van der Waals surface area contributed by atoms with Gasteiger partial charge in [-0.1, -0.05) is 6.92 Å². The normalized spacial score (nSPS) is 27.2. The number of fused-ring (bicyclic) bond motifs is 3. The predicted molar refractivity (Wildman–Crippen MR) is 89.4 cm³/mol. The van der Waals surface area contributed by atoms with E-state index in [4.69, 9.17) is 0 Å². The molecular formula is C17H21N3OS. The molecule has 2 aliphatic heterocycles. The summed E-state index contributed by atoms with van der Waals surface area (Å²) in [4.78, 5) is 19.6. The first-order valence-electron chi connectivity index (χ1n) is 8.14. The number of hydrogen-bond acceptors (Lipinski definition) is 4. The Labute approximate surface area is 134 Å². The highest BCUT2D eigenvalue weighted by Crippen LogP contribution is 2.27. The summed E-state index contributed by atoms with van der Waals surface area (Å²) in [5.41, 5.74) is 1.68. The SMILES string of the molecule is CCc1nc2cc(C(=O)NC3CC4CCN(C4)C3)ccc2s1. The largest absolute Gasteiger partial charge is 0.348 e. The maximum atomic E-state index is 12.5. The first-order chi connectivity index (χ1) is 10.7. The van der Waals surface area contributed by atoms with Crippen molar-refractivity contribution < 1.29 is 4.79 Å². The number of aryl methyl sites for hydroxylation is 1. The third-order valence-electron chi connectivity index (χ3n) is 4.80. The van der Waals surface area contributed by atoms with Gasteiger partial charge in [0.1, 0.15) is 0 Å². The van der Waals surface area contributed by atoms with E-state index in [1.807, 2.05) is 18.2 Å². The second-order valence-electron chi connectivity index (χ2n) is 6.46. The molecular weight excluding hydrogens is 294 g/mol. The van der Waals surface area contributed by atoms with Gasteiger partial charge in [-0.25, -0.2) is 4.98 Å². The van der Waals surface area contributed by atoms with Gasteiger partial charge < -0.3 is 10.2 Å². The van der Waals surface area contributed by atoms with Crippen LogP contribution in [0, 0.1) is 5.92 Å². The topological polar surface area (TPSA) is 45.2 Å². The highest BCUT2D eigenvalue weighted by molar-refractivity contribution is 7.18. The van der Waals surface area contributed by atoms with E-state index >= 15 is 0 Å². The van der Waals surface area contributed by atoms with Gasteiger partial charge in [0.2, 0.25) is 0 Å². The van der Waals surface area contributed by atoms with E-state index < -0.39 is 0 Å². The van der Waals surface area contributed by atoms with E-state index in [0.717, 1.165) is 46.1 Å². The number of piperidine rings is 1. The Bertz CT molecular complexity index is 699. The molecule has 3 atom stereocenters. The van der Waals surface area contributed by atoms with Gasteiger partial charge in [-0.3, -0.25) is 4.79 Å². The molecule has 2 saturated heterocycles. The zero-order valence-corrected chi connectivity index (χ0v) is 13.7. The summed E-state index contributed by atoms with van der Waals surface area (Å²) >= 11 is 1.71. The number of nitrogens with one attached hydrogen (secondary N) is 1. The van der Waals surface area contributed by atoms with Crippen molar-refractivity contribution in [2.75, 3.05) is 19.6 Å². The number of amides is 1. The number of carbonyl (C=O) groups is 1. The van der Waals surface area contributed by atoms with Crippen LogP contribution in [0.2, 0.25) is 0 Å². The van der Waals surface area contributed by atoms with Crippen molar-refractivity contribution in [2.24, 2.45) is 5.92 Å². The third-order valence-corrected chi connectivity index (χ3v) is 5.98. The van der Waals surface area contributed by atoms with Gasteiger partial charge >= 0.3 is 0 Å². The predicted octanol–water partition coefficient (Wildman–Crippen LogP) is 2.68. The molecule has 2 bridgehead atoms. The monoisotopic (exact) mass is 315 g/mol. The zero-order chi connectivity index (χ0) is 15.1. The fourth-order valence-electron chi connectivity index (χ4n) is 3.70. The van der Waals surface area contributed by atoms with E-state index in [1.54, 1.807) is 11.3 Å².